The number of nitrogens with one attached hydrogen (secondary N) is 1. The maximum Gasteiger partial charge on any atom is 0.0717 e. The molecule has 2 aliphatic carbocycles. The highest BCUT2D eigenvalue weighted by atomic mass is 14.9. The van der Waals surface area contributed by atoms with Crippen molar-refractivity contribution in [2.75, 3.05) is 6.54 Å². The largest absolute Gasteiger partial charge is 0.381 e. The maximum absolute atomic E-state index is 4.79. The quantitative estimate of drug-likeness (QED) is 0.165. The van der Waals surface area contributed by atoms with E-state index in [-0.39, 0.29) is 0 Å². The lowest BCUT2D eigenvalue weighted by Gasteiger charge is -2.35. The van der Waals surface area contributed by atoms with E-state index in [1.807, 2.05) is 49.2 Å². The summed E-state index contributed by atoms with van der Waals surface area (Å²) in [4.78, 5) is 14.2. The van der Waals surface area contributed by atoms with Gasteiger partial charge in [0.25, 0.3) is 0 Å². The van der Waals surface area contributed by atoms with Gasteiger partial charge < -0.3 is 5.32 Å². The highest BCUT2D eigenvalue weighted by molar-refractivity contribution is 5.96. The van der Waals surface area contributed by atoms with Gasteiger partial charge >= 0.3 is 0 Å². The number of pyridine rings is 3. The van der Waals surface area contributed by atoms with Crippen LogP contribution in [0.4, 0.5) is 0 Å². The summed E-state index contributed by atoms with van der Waals surface area (Å²) in [6.45, 7) is 0.799. The van der Waals surface area contributed by atoms with Crippen LogP contribution in [-0.2, 0) is 10.8 Å². The molecule has 1 N–H and O–H groups in total. The topological polar surface area (TPSA) is 50.7 Å². The lowest BCUT2D eigenvalue weighted by atomic mass is 9.65. The van der Waals surface area contributed by atoms with Crippen molar-refractivity contribution in [1.82, 2.24) is 20.3 Å². The van der Waals surface area contributed by atoms with E-state index in [9.17, 15) is 0 Å². The van der Waals surface area contributed by atoms with Gasteiger partial charge in [-0.3, -0.25) is 15.0 Å². The van der Waals surface area contributed by atoms with Crippen LogP contribution in [-0.4, -0.2) is 21.5 Å². The van der Waals surface area contributed by atoms with E-state index in [1.54, 1.807) is 0 Å². The van der Waals surface area contributed by atoms with Crippen molar-refractivity contribution < 1.29 is 0 Å². The molecular formula is C64H44N4. The van der Waals surface area contributed by atoms with E-state index < -0.39 is 10.8 Å². The Bertz CT molecular complexity index is 3520. The molecule has 0 saturated carbocycles. The first-order chi connectivity index (χ1) is 33.7. The predicted molar refractivity (Wildman–Crippen MR) is 276 cm³/mol. The van der Waals surface area contributed by atoms with E-state index in [4.69, 9.17) is 9.97 Å². The summed E-state index contributed by atoms with van der Waals surface area (Å²) in [7, 11) is 0. The highest BCUT2D eigenvalue weighted by Crippen LogP contribution is 2.63. The summed E-state index contributed by atoms with van der Waals surface area (Å²) < 4.78 is 0. The lowest BCUT2D eigenvalue weighted by molar-refractivity contribution is 0.759. The van der Waals surface area contributed by atoms with Crippen LogP contribution in [0.1, 0.15) is 50.1 Å². The molecule has 4 nitrogen and oxygen atoms in total. The van der Waals surface area contributed by atoms with Gasteiger partial charge in [-0.15, -0.1) is 0 Å². The van der Waals surface area contributed by atoms with Crippen LogP contribution in [0.5, 0.6) is 0 Å². The number of rotatable bonds is 8. The molecule has 0 atom stereocenters. The zero-order valence-corrected chi connectivity index (χ0v) is 37.2. The molecule has 0 spiro atoms. The van der Waals surface area contributed by atoms with Gasteiger partial charge in [0.1, 0.15) is 0 Å². The van der Waals surface area contributed by atoms with Gasteiger partial charge in [-0.1, -0.05) is 164 Å². The second-order valence-corrected chi connectivity index (χ2v) is 18.0. The van der Waals surface area contributed by atoms with Gasteiger partial charge in [-0.05, 0) is 132 Å². The first kappa shape index (κ1) is 39.6. The van der Waals surface area contributed by atoms with Gasteiger partial charge in [0.2, 0.25) is 0 Å². The van der Waals surface area contributed by atoms with Crippen molar-refractivity contribution in [3.63, 3.8) is 0 Å². The molecule has 0 unspecified atom stereocenters. The normalized spacial score (nSPS) is 14.5. The zero-order valence-electron chi connectivity index (χ0n) is 37.2. The van der Waals surface area contributed by atoms with Crippen LogP contribution in [0, 0.1) is 0 Å². The van der Waals surface area contributed by atoms with E-state index >= 15 is 0 Å². The lowest BCUT2D eigenvalue weighted by Crippen LogP contribution is -2.30. The number of aromatic nitrogens is 3. The summed E-state index contributed by atoms with van der Waals surface area (Å²) in [6.07, 6.45) is 16.0. The highest BCUT2D eigenvalue weighted by Gasteiger charge is 2.51. The Morgan fingerprint density at radius 2 is 0.809 bits per heavy atom. The Balaban J connectivity index is 1.10. The van der Waals surface area contributed by atoms with Gasteiger partial charge in [-0.25, -0.2) is 0 Å². The van der Waals surface area contributed by atoms with Crippen LogP contribution < -0.4 is 5.32 Å². The monoisotopic (exact) mass is 868 g/mol. The summed E-state index contributed by atoms with van der Waals surface area (Å²) in [5.74, 6) is 0. The number of hydrogen-bond donors (Lipinski definition) is 1. The number of dihydropyridines is 1. The van der Waals surface area contributed by atoms with E-state index in [2.05, 4.69) is 211 Å². The first-order valence-corrected chi connectivity index (χ1v) is 23.4. The molecule has 13 rings (SSSR count). The number of benzene rings is 7. The van der Waals surface area contributed by atoms with Gasteiger partial charge in [0, 0.05) is 65.5 Å². The summed E-state index contributed by atoms with van der Waals surface area (Å²) in [5, 5.41) is 3.53. The van der Waals surface area contributed by atoms with Crippen molar-refractivity contribution in [3.05, 3.63) is 299 Å². The second-order valence-electron chi connectivity index (χ2n) is 18.0. The number of allylic oxidation sites excluding steroid dienone is 2. The van der Waals surface area contributed by atoms with Crippen molar-refractivity contribution in [2.45, 2.75) is 10.8 Å². The molecule has 320 valence electrons. The Morgan fingerprint density at radius 3 is 1.26 bits per heavy atom. The first-order valence-electron chi connectivity index (χ1n) is 23.4. The average molecular weight is 869 g/mol. The smallest absolute Gasteiger partial charge is 0.0717 e. The van der Waals surface area contributed by atoms with Crippen LogP contribution in [0.15, 0.2) is 249 Å². The van der Waals surface area contributed by atoms with Crippen molar-refractivity contribution in [1.29, 1.82) is 0 Å². The minimum absolute atomic E-state index is 0.635. The Labute approximate surface area is 396 Å². The van der Waals surface area contributed by atoms with E-state index in [0.717, 1.165) is 51.3 Å². The molecule has 68 heavy (non-hydrogen) atoms. The van der Waals surface area contributed by atoms with E-state index in [0.29, 0.717) is 0 Å². The molecular weight excluding hydrogens is 825 g/mol. The van der Waals surface area contributed by atoms with E-state index in [1.165, 1.54) is 66.8 Å². The molecule has 3 aromatic heterocycles. The van der Waals surface area contributed by atoms with Crippen LogP contribution in [0.2, 0.25) is 0 Å². The van der Waals surface area contributed by atoms with Crippen molar-refractivity contribution in [2.24, 2.45) is 0 Å². The van der Waals surface area contributed by atoms with Gasteiger partial charge in [-0.2, -0.15) is 0 Å². The maximum atomic E-state index is 4.79. The molecule has 1 aliphatic heterocycles. The van der Waals surface area contributed by atoms with Crippen LogP contribution in [0.3, 0.4) is 0 Å². The molecule has 10 aromatic rings. The number of fused-ring (bicyclic) bond motifs is 6. The molecule has 4 heteroatoms. The molecule has 3 aliphatic rings. The third-order valence-corrected chi connectivity index (χ3v) is 14.4. The van der Waals surface area contributed by atoms with Gasteiger partial charge in [0.05, 0.1) is 16.5 Å². The second kappa shape index (κ2) is 16.0. The predicted octanol–water partition coefficient (Wildman–Crippen LogP) is 14.1. The molecule has 0 fully saturated rings. The summed E-state index contributed by atoms with van der Waals surface area (Å²) in [6, 6.07) is 74.2. The SMILES string of the molecule is C1=CCNC(c2cncc(-c3ccc4c(c3)C(c3ccccc3)(c3ccccc3)c3cc5c(cc3-4)C(c3ccccc3)(c3ccccc3)c3cc(-c4cncc(-c6ccccn6)c4)ccc3-5)c2)=C1. The van der Waals surface area contributed by atoms with Crippen molar-refractivity contribution >= 4 is 5.70 Å². The minimum Gasteiger partial charge on any atom is -0.381 e. The Kier molecular flexibility index (Phi) is 9.33. The average Bonchev–Trinajstić information content (AvgIpc) is 3.88. The molecule has 0 amide bonds. The molecule has 7 aromatic carbocycles. The molecule has 0 radical (unpaired) electrons. The van der Waals surface area contributed by atoms with Crippen molar-refractivity contribution in [3.8, 4) is 55.8 Å². The Morgan fingerprint density at radius 1 is 0.368 bits per heavy atom. The minimum atomic E-state index is -0.641. The fraction of sp³-hybridized carbons (Fsp3) is 0.0469. The summed E-state index contributed by atoms with van der Waals surface area (Å²) >= 11 is 0. The Hall–Kier alpha value is -8.73. The standard InChI is InChI=1S/C64H44N4/c1-5-17-49(18-6-1)63(50-19-7-2-8-20-50)57-35-43(45-33-47(41-65-39-45)61-25-13-15-31-67-61)27-29-53(57)55-38-60-56(37-59(55)63)54-30-28-44(46-34-48(42-66-40-46)62-26-14-16-32-68-62)36-58(54)64(60,51-21-9-3-10-22-51)52-23-11-4-12-24-52/h1-31,33-42,68H,32H2. The fourth-order valence-corrected chi connectivity index (χ4v) is 11.5. The third kappa shape index (κ3) is 6.04. The molecule has 4 heterocycles. The van der Waals surface area contributed by atoms with Crippen LogP contribution in [0.25, 0.3) is 61.5 Å². The molecule has 0 bridgehead atoms. The zero-order chi connectivity index (χ0) is 45.1. The van der Waals surface area contributed by atoms with Crippen LogP contribution >= 0.6 is 0 Å². The summed E-state index contributed by atoms with van der Waals surface area (Å²) in [5.41, 5.74) is 22.0. The number of nitrogens with zero attached hydrogens (tertiary/aromatic N) is 3. The third-order valence-electron chi connectivity index (χ3n) is 14.4. The fourth-order valence-electron chi connectivity index (χ4n) is 11.5. The molecule has 0 saturated heterocycles. The number of hydrogen-bond acceptors (Lipinski definition) is 4. The van der Waals surface area contributed by atoms with Gasteiger partial charge in [0.15, 0.2) is 0 Å².